The van der Waals surface area contributed by atoms with E-state index in [1.807, 2.05) is 55.4 Å². The Morgan fingerprint density at radius 1 is 0.393 bits per heavy atom. The maximum Gasteiger partial charge on any atom is 0.494 e. The van der Waals surface area contributed by atoms with Crippen molar-refractivity contribution in [2.24, 2.45) is 0 Å². The zero-order valence-electron chi connectivity index (χ0n) is 57.6. The van der Waals surface area contributed by atoms with Crippen LogP contribution in [0, 0.1) is 0 Å². The molecule has 3 saturated heterocycles. The summed E-state index contributed by atoms with van der Waals surface area (Å²) < 4.78 is 217. The van der Waals surface area contributed by atoms with Crippen molar-refractivity contribution in [1.29, 1.82) is 0 Å². The van der Waals surface area contributed by atoms with Gasteiger partial charge in [-0.3, -0.25) is 0 Å². The van der Waals surface area contributed by atoms with E-state index in [0.717, 1.165) is 0 Å². The van der Waals surface area contributed by atoms with E-state index in [2.05, 4.69) is 15.9 Å². The number of fused-ring (bicyclic) bond motifs is 2. The average molecular weight is 906 g/mol. The molecule has 3 heterocycles. The van der Waals surface area contributed by atoms with Gasteiger partial charge in [0.1, 0.15) is 0 Å². The maximum absolute atomic E-state index is 8.70. The van der Waals surface area contributed by atoms with E-state index < -0.39 is 171 Å². The third kappa shape index (κ3) is 9.62. The molecule has 0 atom stereocenters. The third-order valence-corrected chi connectivity index (χ3v) is 12.0. The highest BCUT2D eigenvalue weighted by atomic mass is 79.9. The summed E-state index contributed by atoms with van der Waals surface area (Å²) in [6.07, 6.45) is 0. The van der Waals surface area contributed by atoms with Gasteiger partial charge < -0.3 is 27.9 Å². The van der Waals surface area contributed by atoms with E-state index in [0.29, 0.717) is 0 Å². The van der Waals surface area contributed by atoms with Crippen LogP contribution in [0.3, 0.4) is 0 Å². The number of benzene rings is 6. The minimum absolute atomic E-state index is 0. The van der Waals surface area contributed by atoms with Crippen LogP contribution in [0.1, 0.15) is 121 Å². The van der Waals surface area contributed by atoms with Crippen molar-refractivity contribution in [2.45, 2.75) is 124 Å². The Balaban J connectivity index is 0.000000210. The van der Waals surface area contributed by atoms with E-state index in [1.165, 1.54) is 0 Å². The Labute approximate surface area is 405 Å². The molecule has 0 aromatic heterocycles. The minimum atomic E-state index is -1.20. The first kappa shape index (κ1) is 25.5. The molecular weight excluding hydrogens is 821 g/mol. The second kappa shape index (κ2) is 17.4. The molecular formula is C51H62B3BrO6. The summed E-state index contributed by atoms with van der Waals surface area (Å²) in [6, 6.07) is -12.6. The zero-order chi connectivity index (χ0) is 62.4. The van der Waals surface area contributed by atoms with Crippen LogP contribution in [0.15, 0.2) is 137 Å². The lowest BCUT2D eigenvalue weighted by molar-refractivity contribution is 0.00578. The highest BCUT2D eigenvalue weighted by molar-refractivity contribution is 9.10. The van der Waals surface area contributed by atoms with Gasteiger partial charge >= 0.3 is 21.1 Å². The molecule has 6 nitrogen and oxygen atoms in total. The van der Waals surface area contributed by atoms with E-state index in [-0.39, 0.29) is 78.0 Å². The summed E-state index contributed by atoms with van der Waals surface area (Å²) in [5.74, 6) is 0. The van der Waals surface area contributed by atoms with Crippen molar-refractivity contribution in [3.63, 3.8) is 0 Å². The van der Waals surface area contributed by atoms with Crippen molar-refractivity contribution < 1.29 is 58.1 Å². The Kier molecular flexibility index (Phi) is 7.30. The largest absolute Gasteiger partial charge is 0.494 e. The van der Waals surface area contributed by atoms with Crippen molar-refractivity contribution in [3.8, 4) is 22.3 Å². The topological polar surface area (TPSA) is 55.4 Å². The molecule has 0 N–H and O–H groups in total. The molecule has 0 radical (unpaired) electrons. The highest BCUT2D eigenvalue weighted by Crippen LogP contribution is 2.43. The highest BCUT2D eigenvalue weighted by Gasteiger charge is 2.63. The van der Waals surface area contributed by atoms with Crippen LogP contribution in [-0.4, -0.2) is 54.7 Å². The van der Waals surface area contributed by atoms with Gasteiger partial charge in [0.15, 0.2) is 0 Å². The molecule has 6 aromatic carbocycles. The van der Waals surface area contributed by atoms with Gasteiger partial charge in [0.2, 0.25) is 0 Å². The smallest absolute Gasteiger partial charge is 0.405 e. The summed E-state index contributed by atoms with van der Waals surface area (Å²) >= 11 is 2.98. The molecule has 0 unspecified atom stereocenters. The molecule has 3 aliphatic heterocycles. The van der Waals surface area contributed by atoms with Crippen molar-refractivity contribution >= 4 is 64.1 Å². The van der Waals surface area contributed by atoms with Gasteiger partial charge in [-0.25, -0.2) is 0 Å². The zero-order valence-corrected chi connectivity index (χ0v) is 37.1. The predicted octanol–water partition coefficient (Wildman–Crippen LogP) is 13.0. The number of halogens is 1. The molecule has 6 aromatic rings. The lowest BCUT2D eigenvalue weighted by Gasteiger charge is -2.32. The van der Waals surface area contributed by atoms with Crippen molar-refractivity contribution in [3.05, 3.63) is 137 Å². The van der Waals surface area contributed by atoms with Gasteiger partial charge in [-0.15, -0.1) is 0 Å². The average Bonchev–Trinajstić information content (AvgIpc) is 3.65. The second-order valence-electron chi connectivity index (χ2n) is 17.3. The molecule has 3 aliphatic rings. The third-order valence-electron chi connectivity index (χ3n) is 11.6. The summed E-state index contributed by atoms with van der Waals surface area (Å²) in [4.78, 5) is 0. The van der Waals surface area contributed by atoms with Gasteiger partial charge in [-0.1, -0.05) is 144 Å². The van der Waals surface area contributed by atoms with Crippen molar-refractivity contribution in [1.82, 2.24) is 0 Å². The summed E-state index contributed by atoms with van der Waals surface area (Å²) in [5, 5.41) is -1.22. The first-order valence-electron chi connectivity index (χ1n) is 30.2. The second-order valence-corrected chi connectivity index (χ2v) is 18.1. The SMILES string of the molecule is C.CC1(C)OB(B2OC(C)(C)C(C)(C)O2)OC1(C)C.[2H]c1c([2H])c(-c2c([2H])c([2H])c([2H])c3c([2H])c([2H])c([2H])c([2H])c23)c([2H])c([2H])c1B1OC(C)(C)C(C)(C)O1.[2H]c1c([2H])c(-c2c([2H])c([2H])c([2H])c3c([2H])c([2H])c([2H])c([2H])c23)c([2H])c([2H])c1Br. The van der Waals surface area contributed by atoms with Crippen LogP contribution in [0.25, 0.3) is 43.8 Å². The molecule has 0 aliphatic carbocycles. The van der Waals surface area contributed by atoms with Gasteiger partial charge in [-0.05, 0) is 144 Å². The van der Waals surface area contributed by atoms with Gasteiger partial charge in [0.25, 0.3) is 0 Å². The van der Waals surface area contributed by atoms with Gasteiger partial charge in [-0.2, -0.15) is 0 Å². The van der Waals surface area contributed by atoms with Gasteiger partial charge in [0, 0.05) is 4.47 Å². The molecule has 9 rings (SSSR count). The van der Waals surface area contributed by atoms with Crippen LogP contribution in [0.5, 0.6) is 0 Å². The lowest BCUT2D eigenvalue weighted by Crippen LogP contribution is -2.41. The Morgan fingerprint density at radius 3 is 1.08 bits per heavy atom. The predicted molar refractivity (Wildman–Crippen MR) is 261 cm³/mol. The monoisotopic (exact) mass is 905 g/mol. The van der Waals surface area contributed by atoms with E-state index in [1.54, 1.807) is 27.7 Å². The van der Waals surface area contributed by atoms with Crippen LogP contribution in [-0.2, 0) is 27.9 Å². The van der Waals surface area contributed by atoms with E-state index >= 15 is 0 Å². The molecule has 0 saturated carbocycles. The number of hydrogen-bond acceptors (Lipinski definition) is 6. The Bertz CT molecular complexity index is 3560. The lowest BCUT2D eigenvalue weighted by atomic mass is 9.49. The number of hydrogen-bond donors (Lipinski definition) is 0. The van der Waals surface area contributed by atoms with Gasteiger partial charge in [0.05, 0.1) is 63.8 Å². The fourth-order valence-electron chi connectivity index (χ4n) is 5.95. The van der Waals surface area contributed by atoms with Crippen LogP contribution >= 0.6 is 15.9 Å². The molecule has 10 heteroatoms. The number of rotatable bonds is 4. The fraction of sp³-hybridized carbons (Fsp3) is 0.373. The maximum atomic E-state index is 8.70. The molecule has 0 bridgehead atoms. The first-order valence-corrected chi connectivity index (χ1v) is 20.0. The molecule has 0 amide bonds. The van der Waals surface area contributed by atoms with E-state index in [4.69, 9.17) is 58.1 Å². The molecule has 3 fully saturated rings. The molecule has 61 heavy (non-hydrogen) atoms. The standard InChI is InChI=1S/C22H23BO2.C16H11Br.C12H24B2O4.CH4/c1-21(2)22(3,4)25-23(24-21)18-14-12-17(13-15-18)20-11-7-9-16-8-5-6-10-19(16)20;17-14-10-8-13(9-11-14)16-7-3-5-12-4-1-2-6-15(12)16;1-9(2)10(3,4)16-13(15-9)14-17-11(5,6)12(7,8)18-14;/h5-15H,1-4H3;1-11H;1-8H3;1H4/i5D,6D,7D,8D,9D,10D,11D,12D,13D,14D,15D;1D,2D,3D,4D,5D,6D,7D,8D,9D,10D,11D;;. The Hall–Kier alpha value is -3.73. The quantitative estimate of drug-likeness (QED) is 0.164. The Morgan fingerprint density at radius 2 is 0.705 bits per heavy atom. The molecule has 0 spiro atoms. The summed E-state index contributed by atoms with van der Waals surface area (Å²) in [7, 11) is -2.16. The first-order chi connectivity index (χ1) is 37.3. The summed E-state index contributed by atoms with van der Waals surface area (Å²) in [5.41, 5.74) is -4.65. The van der Waals surface area contributed by atoms with E-state index in [9.17, 15) is 0 Å². The summed E-state index contributed by atoms with van der Waals surface area (Å²) in [6.45, 7) is 23.3. The minimum Gasteiger partial charge on any atom is -0.405 e. The normalized spacial score (nSPS) is 25.1. The fourth-order valence-corrected chi connectivity index (χ4v) is 6.15. The van der Waals surface area contributed by atoms with Crippen LogP contribution < -0.4 is 5.46 Å². The van der Waals surface area contributed by atoms with Crippen LogP contribution in [0.4, 0.5) is 0 Å². The van der Waals surface area contributed by atoms with Crippen molar-refractivity contribution in [2.75, 3.05) is 0 Å². The molecule has 318 valence electrons. The van der Waals surface area contributed by atoms with Crippen LogP contribution in [0.2, 0.25) is 0 Å².